The van der Waals surface area contributed by atoms with Crippen LogP contribution in [0.2, 0.25) is 0 Å². The van der Waals surface area contributed by atoms with Gasteiger partial charge in [0.1, 0.15) is 23.1 Å². The summed E-state index contributed by atoms with van der Waals surface area (Å²) < 4.78 is 10.3. The van der Waals surface area contributed by atoms with E-state index in [0.717, 1.165) is 0 Å². The van der Waals surface area contributed by atoms with Gasteiger partial charge in [0, 0.05) is 17.7 Å². The number of methoxy groups -OCH3 is 2. The molecule has 0 spiro atoms. The molecular formula is C15H18N2O3. The summed E-state index contributed by atoms with van der Waals surface area (Å²) in [6.45, 7) is 3.67. The largest absolute Gasteiger partial charge is 0.497 e. The maximum Gasteiger partial charge on any atom is 0.262 e. The van der Waals surface area contributed by atoms with Crippen LogP contribution in [0.3, 0.4) is 0 Å². The number of nitrogens with zero attached hydrogens (tertiary/aromatic N) is 1. The molecule has 106 valence electrons. The molecule has 5 nitrogen and oxygen atoms in total. The number of ether oxygens (including phenoxy) is 2. The summed E-state index contributed by atoms with van der Waals surface area (Å²) >= 11 is 0. The number of carbonyl (C=O) groups excluding carboxylic acids is 1. The van der Waals surface area contributed by atoms with E-state index in [1.54, 1.807) is 25.3 Å². The highest BCUT2D eigenvalue weighted by atomic mass is 16.5. The van der Waals surface area contributed by atoms with E-state index in [1.807, 2.05) is 19.9 Å². The molecule has 0 aliphatic rings. The Morgan fingerprint density at radius 1 is 1.35 bits per heavy atom. The van der Waals surface area contributed by atoms with Gasteiger partial charge in [-0.2, -0.15) is 5.26 Å². The monoisotopic (exact) mass is 274 g/mol. The van der Waals surface area contributed by atoms with Crippen LogP contribution in [0.1, 0.15) is 19.4 Å². The number of hydrogen-bond donors (Lipinski definition) is 1. The highest BCUT2D eigenvalue weighted by molar-refractivity contribution is 6.02. The average molecular weight is 274 g/mol. The normalized spacial score (nSPS) is 10.9. The highest BCUT2D eigenvalue weighted by Gasteiger charge is 2.12. The lowest BCUT2D eigenvalue weighted by Crippen LogP contribution is -2.30. The van der Waals surface area contributed by atoms with Gasteiger partial charge in [-0.05, 0) is 32.1 Å². The minimum Gasteiger partial charge on any atom is -0.497 e. The Hall–Kier alpha value is -2.48. The van der Waals surface area contributed by atoms with Gasteiger partial charge in [0.15, 0.2) is 0 Å². The molecule has 1 N–H and O–H groups in total. The first-order valence-electron chi connectivity index (χ1n) is 6.16. The lowest BCUT2D eigenvalue weighted by molar-refractivity contribution is -0.117. The summed E-state index contributed by atoms with van der Waals surface area (Å²) in [4.78, 5) is 11.8. The summed E-state index contributed by atoms with van der Waals surface area (Å²) in [5, 5.41) is 11.8. The standard InChI is InChI=1S/C15H18N2O3/c1-10(2)17-15(18)12(9-16)7-11-5-6-13(19-3)8-14(11)20-4/h5-8,10H,1-4H3,(H,17,18). The number of rotatable bonds is 5. The Labute approximate surface area is 118 Å². The van der Waals surface area contributed by atoms with Crippen molar-refractivity contribution in [2.45, 2.75) is 19.9 Å². The molecule has 0 radical (unpaired) electrons. The molecule has 0 atom stereocenters. The molecule has 0 saturated heterocycles. The topological polar surface area (TPSA) is 71.3 Å². The second kappa shape index (κ2) is 7.19. The molecule has 0 heterocycles. The van der Waals surface area contributed by atoms with E-state index >= 15 is 0 Å². The van der Waals surface area contributed by atoms with Crippen LogP contribution in [-0.2, 0) is 4.79 Å². The number of nitrogens with one attached hydrogen (secondary N) is 1. The lowest BCUT2D eigenvalue weighted by Gasteiger charge is -2.09. The van der Waals surface area contributed by atoms with Crippen molar-refractivity contribution in [1.29, 1.82) is 5.26 Å². The number of carbonyl (C=O) groups is 1. The van der Waals surface area contributed by atoms with E-state index in [1.165, 1.54) is 13.2 Å². The lowest BCUT2D eigenvalue weighted by atomic mass is 10.1. The van der Waals surface area contributed by atoms with E-state index < -0.39 is 5.91 Å². The maximum absolute atomic E-state index is 11.8. The van der Waals surface area contributed by atoms with Crippen molar-refractivity contribution in [1.82, 2.24) is 5.32 Å². The van der Waals surface area contributed by atoms with Gasteiger partial charge in [0.05, 0.1) is 14.2 Å². The summed E-state index contributed by atoms with van der Waals surface area (Å²) in [5.74, 6) is 0.777. The van der Waals surface area contributed by atoms with Gasteiger partial charge in [0.25, 0.3) is 5.91 Å². The Balaban J connectivity index is 3.13. The molecule has 0 aromatic heterocycles. The van der Waals surface area contributed by atoms with Gasteiger partial charge >= 0.3 is 0 Å². The SMILES string of the molecule is COc1ccc(C=C(C#N)C(=O)NC(C)C)c(OC)c1. The number of amides is 1. The molecule has 0 saturated carbocycles. The maximum atomic E-state index is 11.8. The van der Waals surface area contributed by atoms with Gasteiger partial charge in [0.2, 0.25) is 0 Å². The zero-order valence-electron chi connectivity index (χ0n) is 12.1. The molecule has 0 fully saturated rings. The summed E-state index contributed by atoms with van der Waals surface area (Å²) in [5.41, 5.74) is 0.672. The first kappa shape index (κ1) is 15.6. The zero-order valence-corrected chi connectivity index (χ0v) is 12.1. The Morgan fingerprint density at radius 3 is 2.55 bits per heavy atom. The fourth-order valence-electron chi connectivity index (χ4n) is 1.58. The molecule has 0 unspecified atom stereocenters. The Bertz CT molecular complexity index is 557. The van der Waals surface area contributed by atoms with Crippen molar-refractivity contribution in [3.8, 4) is 17.6 Å². The minimum atomic E-state index is -0.402. The van der Waals surface area contributed by atoms with E-state index in [0.29, 0.717) is 17.1 Å². The number of hydrogen-bond acceptors (Lipinski definition) is 4. The highest BCUT2D eigenvalue weighted by Crippen LogP contribution is 2.26. The van der Waals surface area contributed by atoms with E-state index in [4.69, 9.17) is 14.7 Å². The fraction of sp³-hybridized carbons (Fsp3) is 0.333. The predicted molar refractivity (Wildman–Crippen MR) is 76.4 cm³/mol. The third-order valence-electron chi connectivity index (χ3n) is 2.53. The molecule has 5 heteroatoms. The van der Waals surface area contributed by atoms with Crippen molar-refractivity contribution in [2.24, 2.45) is 0 Å². The van der Waals surface area contributed by atoms with Crippen LogP contribution in [0, 0.1) is 11.3 Å². The summed E-state index contributed by atoms with van der Waals surface area (Å²) in [6, 6.07) is 7.04. The number of nitriles is 1. The van der Waals surface area contributed by atoms with Crippen molar-refractivity contribution in [3.63, 3.8) is 0 Å². The average Bonchev–Trinajstić information content (AvgIpc) is 2.43. The van der Waals surface area contributed by atoms with Crippen LogP contribution >= 0.6 is 0 Å². The molecule has 1 amide bonds. The molecule has 1 aromatic carbocycles. The fourth-order valence-corrected chi connectivity index (χ4v) is 1.58. The third-order valence-corrected chi connectivity index (χ3v) is 2.53. The smallest absolute Gasteiger partial charge is 0.262 e. The summed E-state index contributed by atoms with van der Waals surface area (Å²) in [6.07, 6.45) is 1.50. The van der Waals surface area contributed by atoms with Crippen molar-refractivity contribution in [2.75, 3.05) is 14.2 Å². The van der Waals surface area contributed by atoms with Crippen molar-refractivity contribution in [3.05, 3.63) is 29.3 Å². The second-order valence-electron chi connectivity index (χ2n) is 4.41. The minimum absolute atomic E-state index is 0.0298. The van der Waals surface area contributed by atoms with Crippen molar-refractivity contribution >= 4 is 12.0 Å². The van der Waals surface area contributed by atoms with Crippen molar-refractivity contribution < 1.29 is 14.3 Å². The molecule has 0 bridgehead atoms. The first-order valence-corrected chi connectivity index (χ1v) is 6.16. The van der Waals surface area contributed by atoms with Crippen LogP contribution in [0.25, 0.3) is 6.08 Å². The predicted octanol–water partition coefficient (Wildman–Crippen LogP) is 2.14. The van der Waals surface area contributed by atoms with E-state index in [2.05, 4.69) is 5.32 Å². The second-order valence-corrected chi connectivity index (χ2v) is 4.41. The number of benzene rings is 1. The van der Waals surface area contributed by atoms with Crippen LogP contribution < -0.4 is 14.8 Å². The Morgan fingerprint density at radius 2 is 2.05 bits per heavy atom. The van der Waals surface area contributed by atoms with Gasteiger partial charge in [-0.1, -0.05) is 0 Å². The summed E-state index contributed by atoms with van der Waals surface area (Å²) in [7, 11) is 3.08. The van der Waals surface area contributed by atoms with Gasteiger partial charge < -0.3 is 14.8 Å². The van der Waals surface area contributed by atoms with Gasteiger partial charge in [-0.25, -0.2) is 0 Å². The molecule has 1 aromatic rings. The Kier molecular flexibility index (Phi) is 5.60. The molecule has 0 aliphatic carbocycles. The van der Waals surface area contributed by atoms with E-state index in [-0.39, 0.29) is 11.6 Å². The first-order chi connectivity index (χ1) is 9.51. The van der Waals surface area contributed by atoms with Gasteiger partial charge in [-0.3, -0.25) is 4.79 Å². The molecule has 0 aliphatic heterocycles. The molecular weight excluding hydrogens is 256 g/mol. The van der Waals surface area contributed by atoms with Crippen LogP contribution in [0.4, 0.5) is 0 Å². The van der Waals surface area contributed by atoms with E-state index in [9.17, 15) is 4.79 Å². The van der Waals surface area contributed by atoms with Crippen LogP contribution in [-0.4, -0.2) is 26.2 Å². The molecule has 20 heavy (non-hydrogen) atoms. The zero-order chi connectivity index (χ0) is 15.1. The van der Waals surface area contributed by atoms with Crippen LogP contribution in [0.5, 0.6) is 11.5 Å². The molecule has 1 rings (SSSR count). The third kappa shape index (κ3) is 4.02. The van der Waals surface area contributed by atoms with Crippen LogP contribution in [0.15, 0.2) is 23.8 Å². The van der Waals surface area contributed by atoms with Gasteiger partial charge in [-0.15, -0.1) is 0 Å². The quantitative estimate of drug-likeness (QED) is 0.659.